The van der Waals surface area contributed by atoms with Gasteiger partial charge in [0.05, 0.1) is 12.7 Å². The van der Waals surface area contributed by atoms with Crippen molar-refractivity contribution >= 4 is 11.9 Å². The predicted molar refractivity (Wildman–Crippen MR) is 187 cm³/mol. The Kier molecular flexibility index (Phi) is 33.0. The standard InChI is InChI=1S/C39H72O5/c1-4-7-9-23-30-36(40)31-24-19-15-11-12-16-20-26-33-38(41)43-35-28-22-18-14-13-17-21-27-34-39(42)44-37(29-6-3)32-25-10-8-5-2/h6,19,24,36-37,40H,3-5,7-18,20-23,25-35H2,1-2H3. The Labute approximate surface area is 273 Å². The number of hydrogen-bond donors (Lipinski definition) is 1. The van der Waals surface area contributed by atoms with Crippen molar-refractivity contribution in [2.24, 2.45) is 0 Å². The second-order valence-corrected chi connectivity index (χ2v) is 12.8. The van der Waals surface area contributed by atoms with Crippen LogP contribution in [0.5, 0.6) is 0 Å². The fourth-order valence-corrected chi connectivity index (χ4v) is 5.50. The maximum Gasteiger partial charge on any atom is 0.306 e. The molecule has 0 radical (unpaired) electrons. The van der Waals surface area contributed by atoms with Gasteiger partial charge in [0.25, 0.3) is 0 Å². The van der Waals surface area contributed by atoms with Gasteiger partial charge in [-0.05, 0) is 57.8 Å². The molecule has 0 spiro atoms. The molecule has 0 aromatic rings. The number of rotatable bonds is 34. The van der Waals surface area contributed by atoms with Gasteiger partial charge >= 0.3 is 11.9 Å². The molecule has 0 aromatic carbocycles. The highest BCUT2D eigenvalue weighted by Crippen LogP contribution is 2.15. The van der Waals surface area contributed by atoms with Crippen molar-refractivity contribution < 1.29 is 24.2 Å². The summed E-state index contributed by atoms with van der Waals surface area (Å²) in [5, 5.41) is 9.99. The highest BCUT2D eigenvalue weighted by Gasteiger charge is 2.12. The van der Waals surface area contributed by atoms with Gasteiger partial charge in [0.1, 0.15) is 6.10 Å². The first-order valence-electron chi connectivity index (χ1n) is 18.8. The summed E-state index contributed by atoms with van der Waals surface area (Å²) in [5.41, 5.74) is 0. The molecular weight excluding hydrogens is 548 g/mol. The van der Waals surface area contributed by atoms with Gasteiger partial charge in [-0.3, -0.25) is 9.59 Å². The minimum atomic E-state index is -0.180. The first kappa shape index (κ1) is 42.4. The molecule has 0 aromatic heterocycles. The van der Waals surface area contributed by atoms with Crippen LogP contribution in [0.25, 0.3) is 0 Å². The summed E-state index contributed by atoms with van der Waals surface area (Å²) in [5.74, 6) is -0.103. The van der Waals surface area contributed by atoms with Crippen LogP contribution in [0, 0.1) is 0 Å². The lowest BCUT2D eigenvalue weighted by Crippen LogP contribution is -2.17. The number of hydrogen-bond acceptors (Lipinski definition) is 5. The molecule has 0 aliphatic rings. The van der Waals surface area contributed by atoms with Crippen LogP contribution in [0.3, 0.4) is 0 Å². The van der Waals surface area contributed by atoms with Crippen molar-refractivity contribution in [3.8, 4) is 0 Å². The number of allylic oxidation sites excluding steroid dienone is 1. The molecule has 0 rings (SSSR count). The van der Waals surface area contributed by atoms with E-state index in [-0.39, 0.29) is 24.1 Å². The average Bonchev–Trinajstić information content (AvgIpc) is 3.01. The molecule has 5 heteroatoms. The monoisotopic (exact) mass is 621 g/mol. The number of esters is 2. The molecule has 1 N–H and O–H groups in total. The lowest BCUT2D eigenvalue weighted by molar-refractivity contribution is -0.149. The van der Waals surface area contributed by atoms with E-state index in [1.165, 1.54) is 77.0 Å². The fourth-order valence-electron chi connectivity index (χ4n) is 5.50. The second-order valence-electron chi connectivity index (χ2n) is 12.8. The van der Waals surface area contributed by atoms with Crippen LogP contribution in [0.15, 0.2) is 24.8 Å². The number of aliphatic hydroxyl groups excluding tert-OH is 1. The molecule has 0 heterocycles. The molecule has 258 valence electrons. The number of unbranched alkanes of at least 4 members (excludes halogenated alkanes) is 18. The van der Waals surface area contributed by atoms with Crippen LogP contribution >= 0.6 is 0 Å². The Bertz CT molecular complexity index is 673. The van der Waals surface area contributed by atoms with Crippen LogP contribution in [-0.4, -0.2) is 35.9 Å². The van der Waals surface area contributed by atoms with Gasteiger partial charge in [-0.2, -0.15) is 0 Å². The molecule has 2 atom stereocenters. The zero-order valence-corrected chi connectivity index (χ0v) is 29.2. The van der Waals surface area contributed by atoms with Crippen molar-refractivity contribution in [2.75, 3.05) is 6.61 Å². The number of carbonyl (C=O) groups excluding carboxylic acids is 2. The third kappa shape index (κ3) is 31.8. The average molecular weight is 621 g/mol. The zero-order valence-electron chi connectivity index (χ0n) is 29.2. The van der Waals surface area contributed by atoms with Crippen molar-refractivity contribution in [2.45, 2.75) is 206 Å². The summed E-state index contributed by atoms with van der Waals surface area (Å²) in [6.07, 6.45) is 35.6. The first-order chi connectivity index (χ1) is 21.5. The highest BCUT2D eigenvalue weighted by atomic mass is 16.5. The van der Waals surface area contributed by atoms with E-state index < -0.39 is 0 Å². The lowest BCUT2D eigenvalue weighted by atomic mass is 10.1. The van der Waals surface area contributed by atoms with Crippen molar-refractivity contribution in [3.63, 3.8) is 0 Å². The van der Waals surface area contributed by atoms with Crippen LogP contribution in [0.4, 0.5) is 0 Å². The van der Waals surface area contributed by atoms with Crippen molar-refractivity contribution in [3.05, 3.63) is 24.8 Å². The summed E-state index contributed by atoms with van der Waals surface area (Å²) < 4.78 is 11.1. The Morgan fingerprint density at radius 2 is 1.14 bits per heavy atom. The molecule has 0 aliphatic carbocycles. The summed E-state index contributed by atoms with van der Waals surface area (Å²) in [6.45, 7) is 8.77. The van der Waals surface area contributed by atoms with E-state index >= 15 is 0 Å². The Balaban J connectivity index is 3.47. The molecule has 0 bridgehead atoms. The molecule has 0 aliphatic heterocycles. The number of carbonyl (C=O) groups is 2. The van der Waals surface area contributed by atoms with Gasteiger partial charge in [-0.25, -0.2) is 0 Å². The molecule has 0 saturated heterocycles. The molecule has 2 unspecified atom stereocenters. The third-order valence-electron chi connectivity index (χ3n) is 8.36. The SMILES string of the molecule is C=CCC(CCCCCC)OC(=O)CCCCCCCCCCOC(=O)CCCCCCCC=CCC(O)CCCCCC. The normalized spacial score (nSPS) is 12.8. The first-order valence-corrected chi connectivity index (χ1v) is 18.8. The Morgan fingerprint density at radius 3 is 1.75 bits per heavy atom. The van der Waals surface area contributed by atoms with E-state index in [1.807, 2.05) is 6.08 Å². The summed E-state index contributed by atoms with van der Waals surface area (Å²) in [4.78, 5) is 24.1. The zero-order chi connectivity index (χ0) is 32.4. The minimum absolute atomic E-state index is 0.00134. The van der Waals surface area contributed by atoms with Crippen LogP contribution < -0.4 is 0 Å². The Morgan fingerprint density at radius 1 is 0.614 bits per heavy atom. The van der Waals surface area contributed by atoms with Gasteiger partial charge in [0.15, 0.2) is 0 Å². The van der Waals surface area contributed by atoms with E-state index in [1.54, 1.807) is 0 Å². The predicted octanol–water partition coefficient (Wildman–Crippen LogP) is 11.5. The van der Waals surface area contributed by atoms with E-state index in [0.717, 1.165) is 89.9 Å². The van der Waals surface area contributed by atoms with Gasteiger partial charge in [-0.1, -0.05) is 135 Å². The summed E-state index contributed by atoms with van der Waals surface area (Å²) in [7, 11) is 0. The minimum Gasteiger partial charge on any atom is -0.466 e. The summed E-state index contributed by atoms with van der Waals surface area (Å²) >= 11 is 0. The molecular formula is C39H72O5. The van der Waals surface area contributed by atoms with Gasteiger partial charge in [-0.15, -0.1) is 6.58 Å². The molecule has 0 saturated carbocycles. The van der Waals surface area contributed by atoms with Gasteiger partial charge in [0, 0.05) is 19.3 Å². The fraction of sp³-hybridized carbons (Fsp3) is 0.846. The van der Waals surface area contributed by atoms with Crippen molar-refractivity contribution in [1.29, 1.82) is 0 Å². The van der Waals surface area contributed by atoms with E-state index in [9.17, 15) is 14.7 Å². The molecule has 5 nitrogen and oxygen atoms in total. The van der Waals surface area contributed by atoms with Gasteiger partial charge in [0.2, 0.25) is 0 Å². The summed E-state index contributed by atoms with van der Waals surface area (Å²) in [6, 6.07) is 0. The second kappa shape index (κ2) is 34.3. The maximum atomic E-state index is 12.2. The molecule has 0 amide bonds. The topological polar surface area (TPSA) is 72.8 Å². The quantitative estimate of drug-likeness (QED) is 0.0440. The maximum absolute atomic E-state index is 12.2. The van der Waals surface area contributed by atoms with E-state index in [0.29, 0.717) is 19.4 Å². The number of aliphatic hydroxyl groups is 1. The Hall–Kier alpha value is -1.62. The van der Waals surface area contributed by atoms with E-state index in [2.05, 4.69) is 32.6 Å². The third-order valence-corrected chi connectivity index (χ3v) is 8.36. The molecule has 0 fully saturated rings. The molecule has 44 heavy (non-hydrogen) atoms. The van der Waals surface area contributed by atoms with Crippen LogP contribution in [0.2, 0.25) is 0 Å². The smallest absolute Gasteiger partial charge is 0.306 e. The van der Waals surface area contributed by atoms with Crippen LogP contribution in [-0.2, 0) is 19.1 Å². The van der Waals surface area contributed by atoms with Crippen LogP contribution in [0.1, 0.15) is 194 Å². The highest BCUT2D eigenvalue weighted by molar-refractivity contribution is 5.69. The van der Waals surface area contributed by atoms with Gasteiger partial charge < -0.3 is 14.6 Å². The lowest BCUT2D eigenvalue weighted by Gasteiger charge is -2.16. The van der Waals surface area contributed by atoms with E-state index in [4.69, 9.17) is 9.47 Å². The van der Waals surface area contributed by atoms with Crippen molar-refractivity contribution in [1.82, 2.24) is 0 Å². The largest absolute Gasteiger partial charge is 0.466 e. The number of ether oxygens (including phenoxy) is 2.